The van der Waals surface area contributed by atoms with Crippen LogP contribution >= 0.6 is 11.8 Å². The van der Waals surface area contributed by atoms with E-state index in [-0.39, 0.29) is 17.4 Å². The first-order chi connectivity index (χ1) is 16.4. The van der Waals surface area contributed by atoms with Gasteiger partial charge in [0.25, 0.3) is 5.91 Å². The van der Waals surface area contributed by atoms with Gasteiger partial charge in [-0.25, -0.2) is 9.79 Å². The summed E-state index contributed by atoms with van der Waals surface area (Å²) in [5, 5.41) is 5.36. The predicted octanol–water partition coefficient (Wildman–Crippen LogP) is 4.41. The number of anilines is 1. The number of nitrogens with one attached hydrogen (secondary N) is 2. The highest BCUT2D eigenvalue weighted by Gasteiger charge is 2.32. The quantitative estimate of drug-likeness (QED) is 0.600. The van der Waals surface area contributed by atoms with Crippen LogP contribution in [-0.2, 0) is 9.59 Å². The van der Waals surface area contributed by atoms with E-state index in [4.69, 9.17) is 4.74 Å². The SMILES string of the molecule is COc1ccc(C=C2N=C(SCC(=O)NC(=O)NC(C)(C)C)N(c3cc(C)cc(C)c3)C2=O)cc1. The Kier molecular flexibility index (Phi) is 8.01. The van der Waals surface area contributed by atoms with Gasteiger partial charge in [0.2, 0.25) is 5.91 Å². The minimum absolute atomic E-state index is 0.0825. The Labute approximate surface area is 209 Å². The highest BCUT2D eigenvalue weighted by Crippen LogP contribution is 2.31. The van der Waals surface area contributed by atoms with E-state index in [0.29, 0.717) is 16.6 Å². The van der Waals surface area contributed by atoms with Gasteiger partial charge in [0.15, 0.2) is 5.17 Å². The molecular formula is C26H30N4O4S. The molecule has 0 saturated heterocycles. The topological polar surface area (TPSA) is 100 Å². The van der Waals surface area contributed by atoms with Gasteiger partial charge < -0.3 is 10.1 Å². The minimum Gasteiger partial charge on any atom is -0.497 e. The molecule has 0 aromatic heterocycles. The smallest absolute Gasteiger partial charge is 0.321 e. The molecular weight excluding hydrogens is 464 g/mol. The third-order valence-electron chi connectivity index (χ3n) is 4.79. The van der Waals surface area contributed by atoms with Gasteiger partial charge in [-0.15, -0.1) is 0 Å². The summed E-state index contributed by atoms with van der Waals surface area (Å²) in [5.41, 5.74) is 3.25. The Morgan fingerprint density at radius 2 is 1.71 bits per heavy atom. The molecule has 0 atom stereocenters. The molecule has 0 fully saturated rings. The van der Waals surface area contributed by atoms with Gasteiger partial charge in [-0.1, -0.05) is 30.0 Å². The number of aryl methyl sites for hydroxylation is 2. The molecule has 0 bridgehead atoms. The summed E-state index contributed by atoms with van der Waals surface area (Å²) in [4.78, 5) is 43.8. The zero-order chi connectivity index (χ0) is 25.8. The molecule has 1 aliphatic heterocycles. The third kappa shape index (κ3) is 7.19. The van der Waals surface area contributed by atoms with Crippen LogP contribution in [0.4, 0.5) is 10.5 Å². The van der Waals surface area contributed by atoms with Crippen molar-refractivity contribution < 1.29 is 19.1 Å². The van der Waals surface area contributed by atoms with Crippen molar-refractivity contribution in [2.45, 2.75) is 40.2 Å². The van der Waals surface area contributed by atoms with Crippen LogP contribution in [0.25, 0.3) is 6.08 Å². The van der Waals surface area contributed by atoms with E-state index in [2.05, 4.69) is 15.6 Å². The fraction of sp³-hybridized carbons (Fsp3) is 0.308. The molecule has 35 heavy (non-hydrogen) atoms. The number of nitrogens with zero attached hydrogens (tertiary/aromatic N) is 2. The van der Waals surface area contributed by atoms with Crippen molar-refractivity contribution in [2.75, 3.05) is 17.8 Å². The van der Waals surface area contributed by atoms with Crippen LogP contribution in [0, 0.1) is 13.8 Å². The summed E-state index contributed by atoms with van der Waals surface area (Å²) in [6, 6.07) is 12.5. The number of thioether (sulfide) groups is 1. The van der Waals surface area contributed by atoms with E-state index in [0.717, 1.165) is 28.5 Å². The van der Waals surface area contributed by atoms with E-state index in [1.807, 2.05) is 65.0 Å². The maximum atomic E-state index is 13.4. The monoisotopic (exact) mass is 494 g/mol. The second kappa shape index (κ2) is 10.8. The number of amidine groups is 1. The van der Waals surface area contributed by atoms with Crippen LogP contribution in [0.3, 0.4) is 0 Å². The Morgan fingerprint density at radius 3 is 2.29 bits per heavy atom. The maximum Gasteiger partial charge on any atom is 0.321 e. The lowest BCUT2D eigenvalue weighted by Gasteiger charge is -2.21. The number of benzene rings is 2. The summed E-state index contributed by atoms with van der Waals surface area (Å²) in [7, 11) is 1.59. The first kappa shape index (κ1) is 26.0. The first-order valence-corrected chi connectivity index (χ1v) is 12.1. The number of hydrogen-bond acceptors (Lipinski definition) is 6. The molecule has 0 saturated carbocycles. The van der Waals surface area contributed by atoms with Crippen LogP contribution in [0.1, 0.15) is 37.5 Å². The summed E-state index contributed by atoms with van der Waals surface area (Å²) >= 11 is 1.09. The fourth-order valence-corrected chi connectivity index (χ4v) is 4.24. The Balaban J connectivity index is 1.85. The molecule has 184 valence electrons. The highest BCUT2D eigenvalue weighted by atomic mass is 32.2. The fourth-order valence-electron chi connectivity index (χ4n) is 3.42. The molecule has 2 aromatic rings. The molecule has 0 unspecified atom stereocenters. The lowest BCUT2D eigenvalue weighted by molar-refractivity contribution is -0.117. The van der Waals surface area contributed by atoms with E-state index in [9.17, 15) is 14.4 Å². The molecule has 1 aliphatic rings. The first-order valence-electron chi connectivity index (χ1n) is 11.1. The van der Waals surface area contributed by atoms with Gasteiger partial charge in [-0.3, -0.25) is 19.8 Å². The average molecular weight is 495 g/mol. The average Bonchev–Trinajstić information content (AvgIpc) is 3.05. The van der Waals surface area contributed by atoms with Crippen LogP contribution in [0.2, 0.25) is 0 Å². The Bertz CT molecular complexity index is 1180. The van der Waals surface area contributed by atoms with E-state index in [1.165, 1.54) is 4.90 Å². The van der Waals surface area contributed by atoms with Gasteiger partial charge in [0, 0.05) is 5.54 Å². The normalized spacial score (nSPS) is 14.7. The maximum absolute atomic E-state index is 13.4. The molecule has 0 spiro atoms. The molecule has 3 rings (SSSR count). The number of methoxy groups -OCH3 is 1. The second-order valence-electron chi connectivity index (χ2n) is 9.22. The highest BCUT2D eigenvalue weighted by molar-refractivity contribution is 8.14. The molecule has 9 heteroatoms. The molecule has 8 nitrogen and oxygen atoms in total. The van der Waals surface area contributed by atoms with Crippen molar-refractivity contribution in [1.29, 1.82) is 0 Å². The van der Waals surface area contributed by atoms with E-state index < -0.39 is 17.5 Å². The summed E-state index contributed by atoms with van der Waals surface area (Å²) < 4.78 is 5.19. The number of ether oxygens (including phenoxy) is 1. The van der Waals surface area contributed by atoms with Crippen molar-refractivity contribution in [2.24, 2.45) is 4.99 Å². The summed E-state index contributed by atoms with van der Waals surface area (Å²) in [5.74, 6) is -0.150. The largest absolute Gasteiger partial charge is 0.497 e. The number of urea groups is 1. The number of amides is 4. The van der Waals surface area contributed by atoms with Crippen LogP contribution in [0.15, 0.2) is 53.2 Å². The standard InChI is InChI=1S/C26H30N4O4S/c1-16-11-17(2)13-19(12-16)30-23(32)21(14-18-7-9-20(34-6)10-8-18)27-25(30)35-15-22(31)28-24(33)29-26(3,4)5/h7-14H,15H2,1-6H3,(H2,28,29,31,33). The summed E-state index contributed by atoms with van der Waals surface area (Å²) in [6.45, 7) is 9.38. The van der Waals surface area contributed by atoms with Crippen molar-refractivity contribution in [3.8, 4) is 5.75 Å². The van der Waals surface area contributed by atoms with Gasteiger partial charge >= 0.3 is 6.03 Å². The predicted molar refractivity (Wildman–Crippen MR) is 141 cm³/mol. The second-order valence-corrected chi connectivity index (χ2v) is 10.2. The Morgan fingerprint density at radius 1 is 1.09 bits per heavy atom. The van der Waals surface area contributed by atoms with Crippen molar-refractivity contribution in [3.63, 3.8) is 0 Å². The van der Waals surface area contributed by atoms with Crippen LogP contribution < -0.4 is 20.3 Å². The van der Waals surface area contributed by atoms with E-state index in [1.54, 1.807) is 25.3 Å². The molecule has 2 aromatic carbocycles. The van der Waals surface area contributed by atoms with Gasteiger partial charge in [-0.2, -0.15) is 0 Å². The number of rotatable bonds is 5. The van der Waals surface area contributed by atoms with Gasteiger partial charge in [0.1, 0.15) is 11.4 Å². The number of hydrogen-bond donors (Lipinski definition) is 2. The van der Waals surface area contributed by atoms with Gasteiger partial charge in [0.05, 0.1) is 18.6 Å². The van der Waals surface area contributed by atoms with Crippen LogP contribution in [-0.4, -0.2) is 41.4 Å². The number of carbonyl (C=O) groups excluding carboxylic acids is 3. The van der Waals surface area contributed by atoms with Gasteiger partial charge in [-0.05, 0) is 81.7 Å². The summed E-state index contributed by atoms with van der Waals surface area (Å²) in [6.07, 6.45) is 1.70. The zero-order valence-electron chi connectivity index (χ0n) is 20.8. The molecule has 1 heterocycles. The van der Waals surface area contributed by atoms with Crippen LogP contribution in [0.5, 0.6) is 5.75 Å². The molecule has 0 radical (unpaired) electrons. The third-order valence-corrected chi connectivity index (χ3v) is 5.73. The molecule has 4 amide bonds. The van der Waals surface area contributed by atoms with E-state index >= 15 is 0 Å². The Hall–Kier alpha value is -3.59. The minimum atomic E-state index is -0.571. The van der Waals surface area contributed by atoms with Crippen molar-refractivity contribution in [1.82, 2.24) is 10.6 Å². The molecule has 0 aliphatic carbocycles. The van der Waals surface area contributed by atoms with Crippen molar-refractivity contribution in [3.05, 3.63) is 64.9 Å². The lowest BCUT2D eigenvalue weighted by Crippen LogP contribution is -2.48. The number of aliphatic imine (C=N–C) groups is 1. The zero-order valence-corrected chi connectivity index (χ0v) is 21.6. The number of imide groups is 1. The number of carbonyl (C=O) groups is 3. The lowest BCUT2D eigenvalue weighted by atomic mass is 10.1. The molecule has 2 N–H and O–H groups in total. The van der Waals surface area contributed by atoms with Crippen molar-refractivity contribution >= 4 is 46.5 Å².